The molecule has 0 aromatic heterocycles. The number of halogens is 1. The van der Waals surface area contributed by atoms with Gasteiger partial charge in [0, 0.05) is 13.2 Å². The summed E-state index contributed by atoms with van der Waals surface area (Å²) in [6.45, 7) is 6.65. The first-order valence-corrected chi connectivity index (χ1v) is 6.66. The summed E-state index contributed by atoms with van der Waals surface area (Å²) in [6.07, 6.45) is 1.33. The van der Waals surface area contributed by atoms with E-state index >= 15 is 0 Å². The van der Waals surface area contributed by atoms with Gasteiger partial charge in [0.1, 0.15) is 5.75 Å². The summed E-state index contributed by atoms with van der Waals surface area (Å²) >= 11 is 6.05. The zero-order valence-corrected chi connectivity index (χ0v) is 12.1. The molecule has 1 N–H and O–H groups in total. The Bertz CT molecular complexity index is 356. The molecular weight excluding hydrogens is 250 g/mol. The van der Waals surface area contributed by atoms with Gasteiger partial charge in [-0.3, -0.25) is 0 Å². The molecule has 102 valence electrons. The lowest BCUT2D eigenvalue weighted by Crippen LogP contribution is -2.17. The maximum Gasteiger partial charge on any atom is 0.137 e. The first-order valence-electron chi connectivity index (χ1n) is 6.28. The predicted molar refractivity (Wildman–Crippen MR) is 75.4 cm³/mol. The first-order chi connectivity index (χ1) is 8.63. The van der Waals surface area contributed by atoms with Crippen LogP contribution in [0.3, 0.4) is 0 Å². The average Bonchev–Trinajstić information content (AvgIpc) is 2.33. The average molecular weight is 272 g/mol. The van der Waals surface area contributed by atoms with E-state index in [4.69, 9.17) is 21.1 Å². The second-order valence-corrected chi connectivity index (χ2v) is 4.83. The number of rotatable bonds is 8. The second kappa shape index (κ2) is 8.35. The van der Waals surface area contributed by atoms with Crippen LogP contribution in [0.25, 0.3) is 0 Å². The third kappa shape index (κ3) is 5.71. The molecule has 0 aliphatic carbocycles. The smallest absolute Gasteiger partial charge is 0.137 e. The molecule has 4 heteroatoms. The van der Waals surface area contributed by atoms with Crippen molar-refractivity contribution < 1.29 is 9.47 Å². The Morgan fingerprint density at radius 2 is 2.11 bits per heavy atom. The molecule has 0 aliphatic heterocycles. The van der Waals surface area contributed by atoms with Gasteiger partial charge in [0.15, 0.2) is 0 Å². The van der Waals surface area contributed by atoms with E-state index in [1.807, 2.05) is 32.0 Å². The normalized spacial score (nSPS) is 10.9. The van der Waals surface area contributed by atoms with E-state index in [-0.39, 0.29) is 0 Å². The monoisotopic (exact) mass is 271 g/mol. The highest BCUT2D eigenvalue weighted by atomic mass is 35.5. The predicted octanol–water partition coefficient (Wildman–Crippen LogP) is 3.25. The summed E-state index contributed by atoms with van der Waals surface area (Å²) in [5.74, 6) is 0.714. The van der Waals surface area contributed by atoms with Gasteiger partial charge in [-0.05, 0) is 44.5 Å². The third-order valence-corrected chi connectivity index (χ3v) is 2.79. The molecule has 0 heterocycles. The molecule has 0 aliphatic rings. The molecule has 0 unspecified atom stereocenters. The fraction of sp³-hybridized carbons (Fsp3) is 0.571. The summed E-state index contributed by atoms with van der Waals surface area (Å²) < 4.78 is 10.6. The molecular formula is C14H22ClNO2. The van der Waals surface area contributed by atoms with Gasteiger partial charge in [0.2, 0.25) is 0 Å². The van der Waals surface area contributed by atoms with Crippen molar-refractivity contribution in [3.8, 4) is 5.75 Å². The number of benzene rings is 1. The number of hydrogen-bond acceptors (Lipinski definition) is 3. The lowest BCUT2D eigenvalue weighted by molar-refractivity contribution is 0.0770. The fourth-order valence-corrected chi connectivity index (χ4v) is 1.85. The van der Waals surface area contributed by atoms with Gasteiger partial charge in [-0.1, -0.05) is 17.7 Å². The largest absolute Gasteiger partial charge is 0.495 e. The summed E-state index contributed by atoms with van der Waals surface area (Å²) in [6, 6.07) is 5.83. The lowest BCUT2D eigenvalue weighted by atomic mass is 10.2. The van der Waals surface area contributed by atoms with E-state index in [0.717, 1.165) is 31.7 Å². The lowest BCUT2D eigenvalue weighted by Gasteiger charge is -2.09. The molecule has 1 aromatic carbocycles. The highest BCUT2D eigenvalue weighted by Crippen LogP contribution is 2.24. The Labute approximate surface area is 114 Å². The molecule has 0 amide bonds. The van der Waals surface area contributed by atoms with Crippen molar-refractivity contribution in [1.82, 2.24) is 5.32 Å². The van der Waals surface area contributed by atoms with Crippen LogP contribution in [0.15, 0.2) is 18.2 Å². The van der Waals surface area contributed by atoms with Crippen molar-refractivity contribution in [1.29, 1.82) is 0 Å². The van der Waals surface area contributed by atoms with Crippen molar-refractivity contribution in [2.45, 2.75) is 32.9 Å². The maximum atomic E-state index is 6.05. The Kier molecular flexibility index (Phi) is 7.09. The van der Waals surface area contributed by atoms with Crippen LogP contribution in [0.2, 0.25) is 5.02 Å². The van der Waals surface area contributed by atoms with Crippen molar-refractivity contribution >= 4 is 11.6 Å². The van der Waals surface area contributed by atoms with Crippen LogP contribution in [0, 0.1) is 0 Å². The highest BCUT2D eigenvalue weighted by Gasteiger charge is 2.01. The molecule has 0 bridgehead atoms. The van der Waals surface area contributed by atoms with E-state index in [0.29, 0.717) is 16.9 Å². The van der Waals surface area contributed by atoms with Gasteiger partial charge in [0.25, 0.3) is 0 Å². The number of nitrogens with one attached hydrogen (secondary N) is 1. The Balaban J connectivity index is 2.21. The Morgan fingerprint density at radius 3 is 2.72 bits per heavy atom. The summed E-state index contributed by atoms with van der Waals surface area (Å²) in [7, 11) is 1.62. The van der Waals surface area contributed by atoms with E-state index < -0.39 is 0 Å². The third-order valence-electron chi connectivity index (χ3n) is 2.49. The zero-order chi connectivity index (χ0) is 13.4. The quantitative estimate of drug-likeness (QED) is 0.736. The van der Waals surface area contributed by atoms with Crippen LogP contribution >= 0.6 is 11.6 Å². The summed E-state index contributed by atoms with van der Waals surface area (Å²) in [5, 5.41) is 4.01. The standard InChI is InChI=1S/C14H22ClNO2/c1-11(2)18-8-4-7-16-10-12-5-6-14(17-3)13(15)9-12/h5-6,9,11,16H,4,7-8,10H2,1-3H3. The molecule has 0 saturated heterocycles. The van der Waals surface area contributed by atoms with Crippen LogP contribution in [0.5, 0.6) is 5.75 Å². The molecule has 1 rings (SSSR count). The molecule has 1 aromatic rings. The van der Waals surface area contributed by atoms with Crippen LogP contribution in [0.4, 0.5) is 0 Å². The van der Waals surface area contributed by atoms with Gasteiger partial charge >= 0.3 is 0 Å². The summed E-state index contributed by atoms with van der Waals surface area (Å²) in [5.41, 5.74) is 1.16. The Morgan fingerprint density at radius 1 is 1.33 bits per heavy atom. The molecule has 18 heavy (non-hydrogen) atoms. The van der Waals surface area contributed by atoms with E-state index in [2.05, 4.69) is 5.32 Å². The van der Waals surface area contributed by atoms with E-state index in [1.165, 1.54) is 0 Å². The van der Waals surface area contributed by atoms with Gasteiger partial charge in [0.05, 0.1) is 18.2 Å². The second-order valence-electron chi connectivity index (χ2n) is 4.42. The summed E-state index contributed by atoms with van der Waals surface area (Å²) in [4.78, 5) is 0. The molecule has 0 spiro atoms. The molecule has 0 saturated carbocycles. The number of ether oxygens (including phenoxy) is 2. The highest BCUT2D eigenvalue weighted by molar-refractivity contribution is 6.32. The van der Waals surface area contributed by atoms with E-state index in [9.17, 15) is 0 Å². The van der Waals surface area contributed by atoms with Crippen LogP contribution < -0.4 is 10.1 Å². The van der Waals surface area contributed by atoms with Gasteiger partial charge < -0.3 is 14.8 Å². The van der Waals surface area contributed by atoms with Crippen molar-refractivity contribution in [2.75, 3.05) is 20.3 Å². The van der Waals surface area contributed by atoms with Crippen molar-refractivity contribution in [3.05, 3.63) is 28.8 Å². The van der Waals surface area contributed by atoms with Crippen LogP contribution in [-0.4, -0.2) is 26.4 Å². The van der Waals surface area contributed by atoms with Gasteiger partial charge in [-0.15, -0.1) is 0 Å². The first kappa shape index (κ1) is 15.3. The molecule has 3 nitrogen and oxygen atoms in total. The minimum atomic E-state index is 0.311. The Hall–Kier alpha value is -0.770. The zero-order valence-electron chi connectivity index (χ0n) is 11.3. The molecule has 0 fully saturated rings. The van der Waals surface area contributed by atoms with Gasteiger partial charge in [-0.2, -0.15) is 0 Å². The van der Waals surface area contributed by atoms with Crippen LogP contribution in [0.1, 0.15) is 25.8 Å². The fourth-order valence-electron chi connectivity index (χ4n) is 1.57. The van der Waals surface area contributed by atoms with Crippen molar-refractivity contribution in [2.24, 2.45) is 0 Å². The molecule has 0 atom stereocenters. The topological polar surface area (TPSA) is 30.5 Å². The van der Waals surface area contributed by atoms with Crippen LogP contribution in [-0.2, 0) is 11.3 Å². The van der Waals surface area contributed by atoms with Gasteiger partial charge in [-0.25, -0.2) is 0 Å². The number of hydrogen-bond donors (Lipinski definition) is 1. The minimum Gasteiger partial charge on any atom is -0.495 e. The SMILES string of the molecule is COc1ccc(CNCCCOC(C)C)cc1Cl. The van der Waals surface area contributed by atoms with E-state index in [1.54, 1.807) is 7.11 Å². The number of methoxy groups -OCH3 is 1. The maximum absolute atomic E-state index is 6.05. The molecule has 0 radical (unpaired) electrons. The van der Waals surface area contributed by atoms with Crippen molar-refractivity contribution in [3.63, 3.8) is 0 Å². The minimum absolute atomic E-state index is 0.311.